The molecule has 0 fully saturated rings. The second-order valence-electron chi connectivity index (χ2n) is 6.43. The lowest BCUT2D eigenvalue weighted by Crippen LogP contribution is -2.14. The van der Waals surface area contributed by atoms with Gasteiger partial charge in [0.05, 0.1) is 7.11 Å². The van der Waals surface area contributed by atoms with Crippen LogP contribution in [0.15, 0.2) is 60.7 Å². The predicted octanol–water partition coefficient (Wildman–Crippen LogP) is 4.19. The van der Waals surface area contributed by atoms with Crippen LogP contribution in [0.4, 0.5) is 4.39 Å². The van der Waals surface area contributed by atoms with Crippen LogP contribution in [0, 0.1) is 5.82 Å². The van der Waals surface area contributed by atoms with Crippen molar-refractivity contribution < 1.29 is 14.2 Å². The van der Waals surface area contributed by atoms with E-state index in [-0.39, 0.29) is 22.8 Å². The van der Waals surface area contributed by atoms with Crippen molar-refractivity contribution in [3.05, 3.63) is 88.2 Å². The Hall–Kier alpha value is -2.44. The lowest BCUT2D eigenvalue weighted by molar-refractivity contribution is 0.186. The quantitative estimate of drug-likeness (QED) is 0.542. The van der Waals surface area contributed by atoms with Crippen LogP contribution in [0.2, 0.25) is 5.02 Å². The van der Waals surface area contributed by atoms with Gasteiger partial charge in [-0.1, -0.05) is 54.1 Å². The summed E-state index contributed by atoms with van der Waals surface area (Å²) >= 11 is 6.41. The maximum atomic E-state index is 15.1. The van der Waals surface area contributed by atoms with Crippen molar-refractivity contribution in [1.29, 1.82) is 0 Å². The zero-order valence-corrected chi connectivity index (χ0v) is 16.2. The van der Waals surface area contributed by atoms with Crippen LogP contribution in [0.3, 0.4) is 0 Å². The van der Waals surface area contributed by atoms with Crippen LogP contribution in [0.1, 0.15) is 28.8 Å². The van der Waals surface area contributed by atoms with Gasteiger partial charge in [0.1, 0.15) is 6.23 Å². The lowest BCUT2D eigenvalue weighted by Gasteiger charge is -2.20. The Bertz CT molecular complexity index is 964. The van der Waals surface area contributed by atoms with Gasteiger partial charge < -0.3 is 21.3 Å². The Kier molecular flexibility index (Phi) is 6.31. The minimum atomic E-state index is -1.37. The Morgan fingerprint density at radius 3 is 2.39 bits per heavy atom. The van der Waals surface area contributed by atoms with E-state index in [0.29, 0.717) is 17.1 Å². The summed E-state index contributed by atoms with van der Waals surface area (Å²) in [5.74, 6) is -0.677. The monoisotopic (exact) mass is 400 g/mol. The highest BCUT2D eigenvalue weighted by molar-refractivity contribution is 6.33. The molecule has 6 heteroatoms. The fourth-order valence-corrected chi connectivity index (χ4v) is 3.56. The van der Waals surface area contributed by atoms with Gasteiger partial charge in [0.15, 0.2) is 11.6 Å². The Morgan fingerprint density at radius 2 is 1.79 bits per heavy atom. The zero-order chi connectivity index (χ0) is 20.3. The molecule has 0 radical (unpaired) electrons. The van der Waals surface area contributed by atoms with E-state index in [1.807, 2.05) is 36.4 Å². The molecule has 0 aliphatic rings. The van der Waals surface area contributed by atoms with E-state index in [2.05, 4.69) is 0 Å². The summed E-state index contributed by atoms with van der Waals surface area (Å²) in [7, 11) is 1.37. The van der Waals surface area contributed by atoms with E-state index in [1.165, 1.54) is 19.2 Å². The second-order valence-corrected chi connectivity index (χ2v) is 6.84. The van der Waals surface area contributed by atoms with Crippen LogP contribution in [0.5, 0.6) is 5.75 Å². The largest absolute Gasteiger partial charge is 0.494 e. The number of benzene rings is 3. The first-order valence-electron chi connectivity index (χ1n) is 8.82. The number of aliphatic hydroxyl groups is 1. The summed E-state index contributed by atoms with van der Waals surface area (Å²) in [6.07, 6.45) is -1.37. The molecule has 0 saturated heterocycles. The topological polar surface area (TPSA) is 81.5 Å². The lowest BCUT2D eigenvalue weighted by atomic mass is 9.88. The van der Waals surface area contributed by atoms with Gasteiger partial charge in [-0.15, -0.1) is 0 Å². The highest BCUT2D eigenvalue weighted by atomic mass is 35.5. The molecule has 2 atom stereocenters. The number of hydrogen-bond donors (Lipinski definition) is 3. The predicted molar refractivity (Wildman–Crippen MR) is 110 cm³/mol. The fourth-order valence-electron chi connectivity index (χ4n) is 3.35. The number of nitrogens with two attached hydrogens (primary N) is 2. The van der Waals surface area contributed by atoms with Crippen LogP contribution in [-0.4, -0.2) is 18.8 Å². The van der Waals surface area contributed by atoms with Gasteiger partial charge in [-0.3, -0.25) is 0 Å². The van der Waals surface area contributed by atoms with Crippen molar-refractivity contribution in [1.82, 2.24) is 0 Å². The molecule has 3 aromatic rings. The van der Waals surface area contributed by atoms with Crippen LogP contribution >= 0.6 is 11.6 Å². The molecule has 3 aromatic carbocycles. The molecular formula is C22H22ClFN2O2. The summed E-state index contributed by atoms with van der Waals surface area (Å²) in [4.78, 5) is 0. The van der Waals surface area contributed by atoms with Crippen LogP contribution in [-0.2, 0) is 0 Å². The number of ether oxygens (including phenoxy) is 1. The van der Waals surface area contributed by atoms with E-state index >= 15 is 4.39 Å². The van der Waals surface area contributed by atoms with Crippen molar-refractivity contribution in [2.24, 2.45) is 11.5 Å². The highest BCUT2D eigenvalue weighted by Gasteiger charge is 2.22. The third-order valence-electron chi connectivity index (χ3n) is 4.78. The van der Waals surface area contributed by atoms with Gasteiger partial charge in [-0.05, 0) is 29.3 Å². The number of rotatable bonds is 6. The summed E-state index contributed by atoms with van der Waals surface area (Å²) < 4.78 is 20.2. The molecule has 0 aliphatic heterocycles. The van der Waals surface area contributed by atoms with Gasteiger partial charge in [-0.25, -0.2) is 4.39 Å². The number of halogens is 2. The van der Waals surface area contributed by atoms with Gasteiger partial charge in [0.2, 0.25) is 0 Å². The molecule has 0 spiro atoms. The van der Waals surface area contributed by atoms with Gasteiger partial charge >= 0.3 is 0 Å². The molecule has 0 amide bonds. The van der Waals surface area contributed by atoms with Crippen molar-refractivity contribution >= 4 is 11.6 Å². The maximum Gasteiger partial charge on any atom is 0.173 e. The van der Waals surface area contributed by atoms with Crippen molar-refractivity contribution in [3.8, 4) is 16.9 Å². The standard InChI is InChI=1S/C22H22ClFN2O2/c1-28-19-10-8-15(22(26)27)20(21(19)24)16-11-14(7-9-18(16)23)17(12-25)13-5-3-2-4-6-13/h2-11,17,22,27H,12,25-26H2,1H3. The molecule has 0 aromatic heterocycles. The molecular weight excluding hydrogens is 379 g/mol. The van der Waals surface area contributed by atoms with E-state index < -0.39 is 12.0 Å². The maximum absolute atomic E-state index is 15.1. The Labute approximate surface area is 168 Å². The van der Waals surface area contributed by atoms with Gasteiger partial charge in [-0.2, -0.15) is 0 Å². The van der Waals surface area contributed by atoms with Gasteiger partial charge in [0.25, 0.3) is 0 Å². The molecule has 0 saturated carbocycles. The molecule has 3 rings (SSSR count). The molecule has 0 bridgehead atoms. The summed E-state index contributed by atoms with van der Waals surface area (Å²) in [6, 6.07) is 18.1. The van der Waals surface area contributed by atoms with Crippen molar-refractivity contribution in [2.75, 3.05) is 13.7 Å². The average molecular weight is 401 g/mol. The van der Waals surface area contributed by atoms with E-state index in [9.17, 15) is 5.11 Å². The smallest absolute Gasteiger partial charge is 0.173 e. The first-order chi connectivity index (χ1) is 13.5. The summed E-state index contributed by atoms with van der Waals surface area (Å²) in [5, 5.41) is 10.3. The molecule has 0 aliphatic carbocycles. The minimum absolute atomic E-state index is 0.0410. The number of methoxy groups -OCH3 is 1. The molecule has 5 N–H and O–H groups in total. The van der Waals surface area contributed by atoms with E-state index in [0.717, 1.165) is 11.1 Å². The molecule has 28 heavy (non-hydrogen) atoms. The molecule has 0 heterocycles. The number of aliphatic hydroxyl groups excluding tert-OH is 1. The second kappa shape index (κ2) is 8.71. The average Bonchev–Trinajstić information content (AvgIpc) is 2.70. The third-order valence-corrected chi connectivity index (χ3v) is 5.11. The van der Waals surface area contributed by atoms with Gasteiger partial charge in [0, 0.05) is 34.2 Å². The fraction of sp³-hybridized carbons (Fsp3) is 0.182. The first kappa shape index (κ1) is 20.3. The molecule has 146 valence electrons. The SMILES string of the molecule is COc1ccc(C(N)O)c(-c2cc(C(CN)c3ccccc3)ccc2Cl)c1F. The Balaban J connectivity index is 2.20. The van der Waals surface area contributed by atoms with Crippen LogP contribution in [0.25, 0.3) is 11.1 Å². The first-order valence-corrected chi connectivity index (χ1v) is 9.20. The molecule has 2 unspecified atom stereocenters. The summed E-state index contributed by atoms with van der Waals surface area (Å²) in [5.41, 5.74) is 14.4. The zero-order valence-electron chi connectivity index (χ0n) is 15.4. The number of hydrogen-bond acceptors (Lipinski definition) is 4. The third kappa shape index (κ3) is 3.88. The van der Waals surface area contributed by atoms with E-state index in [4.69, 9.17) is 27.8 Å². The summed E-state index contributed by atoms with van der Waals surface area (Å²) in [6.45, 7) is 0.373. The molecule has 4 nitrogen and oxygen atoms in total. The minimum Gasteiger partial charge on any atom is -0.494 e. The van der Waals surface area contributed by atoms with Crippen LogP contribution < -0.4 is 16.2 Å². The highest BCUT2D eigenvalue weighted by Crippen LogP contribution is 2.40. The normalized spacial score (nSPS) is 13.2. The van der Waals surface area contributed by atoms with Crippen molar-refractivity contribution in [3.63, 3.8) is 0 Å². The van der Waals surface area contributed by atoms with E-state index in [1.54, 1.807) is 12.1 Å². The van der Waals surface area contributed by atoms with Crippen molar-refractivity contribution in [2.45, 2.75) is 12.1 Å². The Morgan fingerprint density at radius 1 is 1.07 bits per heavy atom.